The molecule has 112 valence electrons. The summed E-state index contributed by atoms with van der Waals surface area (Å²) in [7, 11) is -3.28. The minimum Gasteiger partial charge on any atom is -0.478 e. The van der Waals surface area contributed by atoms with Gasteiger partial charge in [-0.15, -0.1) is 0 Å². The van der Waals surface area contributed by atoms with Crippen molar-refractivity contribution in [2.45, 2.75) is 19.9 Å². The number of nitrogens with one attached hydrogen (secondary N) is 1. The van der Waals surface area contributed by atoms with Crippen LogP contribution in [0.25, 0.3) is 0 Å². The van der Waals surface area contributed by atoms with Gasteiger partial charge < -0.3 is 10.4 Å². The first-order valence-corrected chi connectivity index (χ1v) is 7.98. The Labute approximate surface area is 122 Å². The van der Waals surface area contributed by atoms with E-state index in [2.05, 4.69) is 5.32 Å². The van der Waals surface area contributed by atoms with E-state index in [0.717, 1.165) is 5.41 Å². The van der Waals surface area contributed by atoms with Crippen molar-refractivity contribution in [2.24, 2.45) is 0 Å². The Kier molecular flexibility index (Phi) is 3.87. The average Bonchev–Trinajstić information content (AvgIpc) is 2.70. The highest BCUT2D eigenvalue weighted by atomic mass is 32.2. The van der Waals surface area contributed by atoms with Crippen LogP contribution < -0.4 is 5.32 Å². The second-order valence-corrected chi connectivity index (χ2v) is 6.92. The van der Waals surface area contributed by atoms with Gasteiger partial charge in [0.25, 0.3) is 5.91 Å². The fraction of sp³-hybridized carbons (Fsp3) is 0.286. The van der Waals surface area contributed by atoms with Gasteiger partial charge in [-0.3, -0.25) is 4.79 Å². The molecular formula is C14H15NO5S. The third-order valence-electron chi connectivity index (χ3n) is 3.31. The van der Waals surface area contributed by atoms with Crippen molar-refractivity contribution in [3.05, 3.63) is 45.9 Å². The van der Waals surface area contributed by atoms with Crippen molar-refractivity contribution in [1.82, 2.24) is 5.32 Å². The number of carbonyl (C=O) groups excluding carboxylic acids is 1. The Morgan fingerprint density at radius 1 is 1.19 bits per heavy atom. The first-order chi connectivity index (χ1) is 9.71. The van der Waals surface area contributed by atoms with Crippen LogP contribution in [-0.4, -0.2) is 37.2 Å². The zero-order valence-electron chi connectivity index (χ0n) is 11.6. The summed E-state index contributed by atoms with van der Waals surface area (Å²) in [6.07, 6.45) is 1.39. The fourth-order valence-corrected chi connectivity index (χ4v) is 3.52. The van der Waals surface area contributed by atoms with E-state index in [0.29, 0.717) is 11.1 Å². The fourth-order valence-electron chi connectivity index (χ4n) is 2.29. The molecule has 1 aliphatic heterocycles. The average molecular weight is 309 g/mol. The van der Waals surface area contributed by atoms with E-state index < -0.39 is 27.8 Å². The molecule has 0 aliphatic carbocycles. The lowest BCUT2D eigenvalue weighted by Crippen LogP contribution is -2.36. The summed E-state index contributed by atoms with van der Waals surface area (Å²) in [4.78, 5) is 23.7. The number of hydrogen-bond acceptors (Lipinski definition) is 4. The SMILES string of the molecule is Cc1ccc(C)c(C(=O)NC2C=CS(=O)(=O)C2)c1C(=O)O. The zero-order valence-corrected chi connectivity index (χ0v) is 12.4. The van der Waals surface area contributed by atoms with E-state index in [1.54, 1.807) is 26.0 Å². The topological polar surface area (TPSA) is 101 Å². The monoisotopic (exact) mass is 309 g/mol. The summed E-state index contributed by atoms with van der Waals surface area (Å²) in [5.74, 6) is -1.97. The van der Waals surface area contributed by atoms with Crippen LogP contribution in [-0.2, 0) is 9.84 Å². The first-order valence-electron chi connectivity index (χ1n) is 6.26. The molecule has 2 N–H and O–H groups in total. The van der Waals surface area contributed by atoms with Crippen molar-refractivity contribution < 1.29 is 23.1 Å². The molecule has 0 fully saturated rings. The summed E-state index contributed by atoms with van der Waals surface area (Å²) in [6, 6.07) is 2.66. The highest BCUT2D eigenvalue weighted by molar-refractivity contribution is 7.94. The molecule has 6 nitrogen and oxygen atoms in total. The van der Waals surface area contributed by atoms with Crippen molar-refractivity contribution in [1.29, 1.82) is 0 Å². The molecule has 0 radical (unpaired) electrons. The smallest absolute Gasteiger partial charge is 0.336 e. The molecule has 1 aromatic rings. The van der Waals surface area contributed by atoms with Gasteiger partial charge in [-0.2, -0.15) is 0 Å². The molecule has 0 saturated carbocycles. The number of amides is 1. The third kappa shape index (κ3) is 3.13. The molecule has 1 unspecified atom stereocenters. The highest BCUT2D eigenvalue weighted by Crippen LogP contribution is 2.19. The molecule has 0 spiro atoms. The van der Waals surface area contributed by atoms with Gasteiger partial charge in [-0.25, -0.2) is 13.2 Å². The Balaban J connectivity index is 2.34. The summed E-state index contributed by atoms with van der Waals surface area (Å²) in [5, 5.41) is 12.9. The maximum atomic E-state index is 12.3. The summed E-state index contributed by atoms with van der Waals surface area (Å²) in [5.41, 5.74) is 1.02. The van der Waals surface area contributed by atoms with Crippen LogP contribution in [0, 0.1) is 13.8 Å². The number of sulfone groups is 1. The van der Waals surface area contributed by atoms with E-state index in [4.69, 9.17) is 0 Å². The van der Waals surface area contributed by atoms with Gasteiger partial charge in [0, 0.05) is 5.41 Å². The van der Waals surface area contributed by atoms with Gasteiger partial charge >= 0.3 is 5.97 Å². The number of carboxylic acids is 1. The molecule has 0 bridgehead atoms. The lowest BCUT2D eigenvalue weighted by Gasteiger charge is -2.15. The molecule has 0 aromatic heterocycles. The molecule has 7 heteroatoms. The van der Waals surface area contributed by atoms with Crippen molar-refractivity contribution in [3.63, 3.8) is 0 Å². The standard InChI is InChI=1S/C14H15NO5S/c1-8-3-4-9(2)12(14(17)18)11(8)13(16)15-10-5-6-21(19,20)7-10/h3-6,10H,7H2,1-2H3,(H,15,16)(H,17,18). The summed E-state index contributed by atoms with van der Waals surface area (Å²) < 4.78 is 22.6. The van der Waals surface area contributed by atoms with E-state index in [1.807, 2.05) is 0 Å². The molecule has 1 aromatic carbocycles. The van der Waals surface area contributed by atoms with E-state index in [1.165, 1.54) is 6.08 Å². The van der Waals surface area contributed by atoms with Crippen molar-refractivity contribution in [3.8, 4) is 0 Å². The van der Waals surface area contributed by atoms with E-state index in [-0.39, 0.29) is 16.9 Å². The Hall–Kier alpha value is -2.15. The minimum atomic E-state index is -3.28. The molecular weight excluding hydrogens is 294 g/mol. The van der Waals surface area contributed by atoms with Crippen LogP contribution in [0.15, 0.2) is 23.6 Å². The number of carboxylic acid groups (broad SMARTS) is 1. The van der Waals surface area contributed by atoms with Crippen molar-refractivity contribution >= 4 is 21.7 Å². The van der Waals surface area contributed by atoms with Gasteiger partial charge in [0.15, 0.2) is 9.84 Å². The van der Waals surface area contributed by atoms with Gasteiger partial charge in [-0.1, -0.05) is 12.1 Å². The van der Waals surface area contributed by atoms with Crippen LogP contribution in [0.5, 0.6) is 0 Å². The number of carbonyl (C=O) groups is 2. The minimum absolute atomic E-state index is 0.0580. The molecule has 1 heterocycles. The summed E-state index contributed by atoms with van der Waals surface area (Å²) in [6.45, 7) is 3.25. The number of aryl methyl sites for hydroxylation is 2. The first kappa shape index (κ1) is 15.2. The van der Waals surface area contributed by atoms with Gasteiger partial charge in [0.1, 0.15) is 0 Å². The van der Waals surface area contributed by atoms with E-state index >= 15 is 0 Å². The predicted octanol–water partition coefficient (Wildman–Crippen LogP) is 1.04. The van der Waals surface area contributed by atoms with Crippen LogP contribution in [0.4, 0.5) is 0 Å². The number of aromatic carboxylic acids is 1. The third-order valence-corrected chi connectivity index (χ3v) is 4.71. The van der Waals surface area contributed by atoms with Crippen LogP contribution in [0.1, 0.15) is 31.8 Å². The molecule has 21 heavy (non-hydrogen) atoms. The van der Waals surface area contributed by atoms with E-state index in [9.17, 15) is 23.1 Å². The lowest BCUT2D eigenvalue weighted by atomic mass is 9.96. The van der Waals surface area contributed by atoms with Crippen molar-refractivity contribution in [2.75, 3.05) is 5.75 Å². The number of hydrogen-bond donors (Lipinski definition) is 2. The normalized spacial score (nSPS) is 19.4. The second-order valence-electron chi connectivity index (χ2n) is 4.99. The van der Waals surface area contributed by atoms with Gasteiger partial charge in [0.2, 0.25) is 0 Å². The largest absolute Gasteiger partial charge is 0.478 e. The number of rotatable bonds is 3. The molecule has 0 saturated heterocycles. The van der Waals surface area contributed by atoms with Crippen LogP contribution in [0.3, 0.4) is 0 Å². The predicted molar refractivity (Wildman–Crippen MR) is 77.1 cm³/mol. The molecule has 1 amide bonds. The summed E-state index contributed by atoms with van der Waals surface area (Å²) >= 11 is 0. The maximum absolute atomic E-state index is 12.3. The van der Waals surface area contributed by atoms with Crippen LogP contribution >= 0.6 is 0 Å². The molecule has 1 aliphatic rings. The maximum Gasteiger partial charge on any atom is 0.336 e. The lowest BCUT2D eigenvalue weighted by molar-refractivity contribution is 0.0689. The Bertz CT molecular complexity index is 749. The highest BCUT2D eigenvalue weighted by Gasteiger charge is 2.26. The zero-order chi connectivity index (χ0) is 15.8. The number of benzene rings is 1. The molecule has 2 rings (SSSR count). The Morgan fingerprint density at radius 2 is 1.76 bits per heavy atom. The molecule has 1 atom stereocenters. The Morgan fingerprint density at radius 3 is 2.24 bits per heavy atom. The quantitative estimate of drug-likeness (QED) is 0.869. The van der Waals surface area contributed by atoms with Crippen LogP contribution in [0.2, 0.25) is 0 Å². The van der Waals surface area contributed by atoms with Gasteiger partial charge in [-0.05, 0) is 31.1 Å². The van der Waals surface area contributed by atoms with Gasteiger partial charge in [0.05, 0.1) is 22.9 Å². The second kappa shape index (κ2) is 5.33.